The first kappa shape index (κ1) is 17.6. The fourth-order valence-corrected chi connectivity index (χ4v) is 3.90. The van der Waals surface area contributed by atoms with Gasteiger partial charge in [0.15, 0.2) is 11.6 Å². The number of halogens is 1. The highest BCUT2D eigenvalue weighted by molar-refractivity contribution is 6.06. The van der Waals surface area contributed by atoms with Gasteiger partial charge in [-0.15, -0.1) is 0 Å². The number of hydrogen-bond acceptors (Lipinski definition) is 5. The van der Waals surface area contributed by atoms with Crippen molar-refractivity contribution in [3.8, 4) is 0 Å². The smallest absolute Gasteiger partial charge is 0.235 e. The first-order chi connectivity index (χ1) is 13.0. The van der Waals surface area contributed by atoms with Crippen LogP contribution in [0.1, 0.15) is 31.0 Å². The van der Waals surface area contributed by atoms with E-state index in [1.165, 1.54) is 11.2 Å². The van der Waals surface area contributed by atoms with Gasteiger partial charge in [0.05, 0.1) is 24.1 Å². The van der Waals surface area contributed by atoms with E-state index < -0.39 is 17.7 Å². The predicted molar refractivity (Wildman–Crippen MR) is 97.3 cm³/mol. The number of likely N-dealkylation sites (tertiary alicyclic amines) is 1. The van der Waals surface area contributed by atoms with Crippen molar-refractivity contribution < 1.29 is 14.0 Å². The van der Waals surface area contributed by atoms with Crippen LogP contribution in [-0.2, 0) is 16.1 Å². The van der Waals surface area contributed by atoms with Crippen LogP contribution < -0.4 is 4.90 Å². The molecule has 6 nitrogen and oxygen atoms in total. The lowest BCUT2D eigenvalue weighted by Gasteiger charge is -2.22. The molecule has 0 N–H and O–H groups in total. The summed E-state index contributed by atoms with van der Waals surface area (Å²) in [5, 5.41) is 0. The number of carbonyl (C=O) groups excluding carboxylic acids is 2. The molecular weight excluding hydrogens is 347 g/mol. The summed E-state index contributed by atoms with van der Waals surface area (Å²) in [6.07, 6.45) is 1.34. The van der Waals surface area contributed by atoms with E-state index in [0.29, 0.717) is 18.8 Å². The highest BCUT2D eigenvalue weighted by atomic mass is 19.1. The number of benzene rings is 1. The van der Waals surface area contributed by atoms with Gasteiger partial charge in [-0.25, -0.2) is 14.4 Å². The minimum atomic E-state index is -0.464. The fourth-order valence-electron chi connectivity index (χ4n) is 3.90. The quantitative estimate of drug-likeness (QED) is 0.775. The number of hydrogen-bond donors (Lipinski definition) is 0. The minimum absolute atomic E-state index is 0.0709. The Morgan fingerprint density at radius 1 is 1.07 bits per heavy atom. The van der Waals surface area contributed by atoms with Crippen LogP contribution in [0.3, 0.4) is 0 Å². The van der Waals surface area contributed by atoms with E-state index in [1.54, 1.807) is 4.90 Å². The molecule has 2 saturated heterocycles. The van der Waals surface area contributed by atoms with Gasteiger partial charge in [-0.3, -0.25) is 14.5 Å². The third kappa shape index (κ3) is 2.97. The van der Waals surface area contributed by atoms with Crippen molar-refractivity contribution in [1.82, 2.24) is 14.9 Å². The summed E-state index contributed by atoms with van der Waals surface area (Å²) in [6.45, 7) is 4.60. The molecule has 0 aliphatic carbocycles. The largest absolute Gasteiger partial charge is 0.352 e. The van der Waals surface area contributed by atoms with E-state index in [9.17, 15) is 14.0 Å². The third-order valence-corrected chi connectivity index (χ3v) is 5.31. The lowest BCUT2D eigenvalue weighted by atomic mass is 10.00. The molecular formula is C20H21FN4O2. The van der Waals surface area contributed by atoms with Crippen molar-refractivity contribution in [3.05, 3.63) is 53.7 Å². The average Bonchev–Trinajstić information content (AvgIpc) is 3.18. The summed E-state index contributed by atoms with van der Waals surface area (Å²) >= 11 is 0. The zero-order chi connectivity index (χ0) is 19.1. The van der Waals surface area contributed by atoms with Gasteiger partial charge in [-0.1, -0.05) is 44.2 Å². The van der Waals surface area contributed by atoms with Crippen LogP contribution in [0.25, 0.3) is 0 Å². The van der Waals surface area contributed by atoms with E-state index in [0.717, 1.165) is 5.56 Å². The highest BCUT2D eigenvalue weighted by Gasteiger charge is 2.52. The molecule has 3 heterocycles. The van der Waals surface area contributed by atoms with Crippen LogP contribution in [-0.4, -0.2) is 39.8 Å². The maximum Gasteiger partial charge on any atom is 0.235 e. The SMILES string of the molecule is CC(C)c1ncnc(N2CC3C(=O)N(Cc4ccccc4)C(=O)C3C2)c1F. The molecule has 2 aromatic rings. The molecule has 0 spiro atoms. The van der Waals surface area contributed by atoms with Crippen LogP contribution in [0.4, 0.5) is 10.2 Å². The Hall–Kier alpha value is -2.83. The maximum atomic E-state index is 14.8. The molecule has 2 fully saturated rings. The van der Waals surface area contributed by atoms with E-state index in [1.807, 2.05) is 44.2 Å². The minimum Gasteiger partial charge on any atom is -0.352 e. The van der Waals surface area contributed by atoms with Crippen molar-refractivity contribution in [2.45, 2.75) is 26.3 Å². The summed E-state index contributed by atoms with van der Waals surface area (Å²) in [5.74, 6) is -1.62. The van der Waals surface area contributed by atoms with Gasteiger partial charge in [-0.2, -0.15) is 0 Å². The Balaban J connectivity index is 1.54. The molecule has 4 rings (SSSR count). The average molecular weight is 368 g/mol. The van der Waals surface area contributed by atoms with Crippen LogP contribution in [0.5, 0.6) is 0 Å². The molecule has 140 valence electrons. The molecule has 0 bridgehead atoms. The number of amides is 2. The fraction of sp³-hybridized carbons (Fsp3) is 0.400. The number of imide groups is 1. The second-order valence-corrected chi connectivity index (χ2v) is 7.42. The topological polar surface area (TPSA) is 66.4 Å². The van der Waals surface area contributed by atoms with Crippen LogP contribution >= 0.6 is 0 Å². The third-order valence-electron chi connectivity index (χ3n) is 5.31. The summed E-state index contributed by atoms with van der Waals surface area (Å²) in [4.78, 5) is 36.7. The van der Waals surface area contributed by atoms with Crippen LogP contribution in [0.15, 0.2) is 36.7 Å². The van der Waals surface area contributed by atoms with Crippen LogP contribution in [0.2, 0.25) is 0 Å². The summed E-state index contributed by atoms with van der Waals surface area (Å²) in [6, 6.07) is 9.45. The number of aromatic nitrogens is 2. The number of anilines is 1. The molecule has 1 aromatic carbocycles. The molecule has 2 unspecified atom stereocenters. The Labute approximate surface area is 157 Å². The monoisotopic (exact) mass is 368 g/mol. The van der Waals surface area contributed by atoms with Gasteiger partial charge in [-0.05, 0) is 11.5 Å². The highest BCUT2D eigenvalue weighted by Crippen LogP contribution is 2.37. The number of rotatable bonds is 4. The standard InChI is InChI=1S/C20H21FN4O2/c1-12(2)17-16(21)18(23-11-22-17)24-9-14-15(10-24)20(27)25(19(14)26)8-13-6-4-3-5-7-13/h3-7,11-12,14-15H,8-10H2,1-2H3. The Kier molecular flexibility index (Phi) is 4.37. The van der Waals surface area contributed by atoms with Gasteiger partial charge in [0.1, 0.15) is 6.33 Å². The predicted octanol–water partition coefficient (Wildman–Crippen LogP) is 2.36. The molecule has 2 amide bonds. The van der Waals surface area contributed by atoms with E-state index in [4.69, 9.17) is 0 Å². The first-order valence-corrected chi connectivity index (χ1v) is 9.12. The van der Waals surface area contributed by atoms with E-state index >= 15 is 0 Å². The van der Waals surface area contributed by atoms with Crippen LogP contribution in [0, 0.1) is 17.7 Å². The second kappa shape index (κ2) is 6.72. The van der Waals surface area contributed by atoms with Crippen molar-refractivity contribution >= 4 is 17.6 Å². The van der Waals surface area contributed by atoms with Crippen molar-refractivity contribution in [2.75, 3.05) is 18.0 Å². The molecule has 2 atom stereocenters. The number of nitrogens with zero attached hydrogens (tertiary/aromatic N) is 4. The van der Waals surface area contributed by atoms with Gasteiger partial charge < -0.3 is 4.90 Å². The molecule has 2 aliphatic heterocycles. The normalized spacial score (nSPS) is 22.1. The van der Waals surface area contributed by atoms with Crippen molar-refractivity contribution in [2.24, 2.45) is 11.8 Å². The first-order valence-electron chi connectivity index (χ1n) is 9.12. The summed E-state index contributed by atoms with van der Waals surface area (Å²) in [5.41, 5.74) is 1.26. The van der Waals surface area contributed by atoms with E-state index in [2.05, 4.69) is 9.97 Å². The molecule has 0 radical (unpaired) electrons. The number of fused-ring (bicyclic) bond motifs is 1. The molecule has 0 saturated carbocycles. The maximum absolute atomic E-state index is 14.8. The van der Waals surface area contributed by atoms with Gasteiger partial charge in [0.2, 0.25) is 11.8 Å². The Morgan fingerprint density at radius 3 is 2.30 bits per heavy atom. The zero-order valence-electron chi connectivity index (χ0n) is 15.3. The summed E-state index contributed by atoms with van der Waals surface area (Å²) < 4.78 is 14.8. The Bertz CT molecular complexity index is 863. The van der Waals surface area contributed by atoms with Crippen molar-refractivity contribution in [3.63, 3.8) is 0 Å². The molecule has 7 heteroatoms. The van der Waals surface area contributed by atoms with Gasteiger partial charge >= 0.3 is 0 Å². The lowest BCUT2D eigenvalue weighted by molar-refractivity contribution is -0.140. The number of carbonyl (C=O) groups is 2. The second-order valence-electron chi connectivity index (χ2n) is 7.42. The summed E-state index contributed by atoms with van der Waals surface area (Å²) in [7, 11) is 0. The van der Waals surface area contributed by atoms with Gasteiger partial charge in [0, 0.05) is 13.1 Å². The lowest BCUT2D eigenvalue weighted by Crippen LogP contribution is -2.36. The van der Waals surface area contributed by atoms with Gasteiger partial charge in [0.25, 0.3) is 0 Å². The molecule has 2 aliphatic rings. The van der Waals surface area contributed by atoms with Crippen molar-refractivity contribution in [1.29, 1.82) is 0 Å². The molecule has 1 aromatic heterocycles. The zero-order valence-corrected chi connectivity index (χ0v) is 15.3. The molecule has 27 heavy (non-hydrogen) atoms. The van der Waals surface area contributed by atoms with E-state index in [-0.39, 0.29) is 30.1 Å². The Morgan fingerprint density at radius 2 is 1.70 bits per heavy atom.